The molecule has 1 saturated carbocycles. The van der Waals surface area contributed by atoms with Crippen LogP contribution in [0, 0.1) is 6.92 Å². The van der Waals surface area contributed by atoms with Crippen molar-refractivity contribution in [2.45, 2.75) is 70.3 Å². The standard InChI is InChI=1S/C26H32Cl2N2O2S/c1-3-24(26(32)29-21-6-4-5-7-21)30(15-19-10-8-18(2)9-11-19)25(31)17-33-16-20-12-13-22(27)23(28)14-20/h8-14,21,24H,3-7,15-17H2,1-2H3,(H,29,32)/t24-/m0/s1. The highest BCUT2D eigenvalue weighted by Gasteiger charge is 2.30. The highest BCUT2D eigenvalue weighted by molar-refractivity contribution is 7.99. The van der Waals surface area contributed by atoms with E-state index in [9.17, 15) is 9.59 Å². The molecule has 33 heavy (non-hydrogen) atoms. The fourth-order valence-electron chi connectivity index (χ4n) is 4.15. The van der Waals surface area contributed by atoms with E-state index in [-0.39, 0.29) is 17.9 Å². The van der Waals surface area contributed by atoms with Crippen LogP contribution in [0.3, 0.4) is 0 Å². The largest absolute Gasteiger partial charge is 0.352 e. The predicted molar refractivity (Wildman–Crippen MR) is 139 cm³/mol. The Morgan fingerprint density at radius 2 is 1.73 bits per heavy atom. The van der Waals surface area contributed by atoms with Gasteiger partial charge in [-0.3, -0.25) is 9.59 Å². The zero-order valence-corrected chi connectivity index (χ0v) is 21.6. The third-order valence-corrected chi connectivity index (χ3v) is 7.77. The summed E-state index contributed by atoms with van der Waals surface area (Å²) in [6.45, 7) is 4.43. The van der Waals surface area contributed by atoms with E-state index >= 15 is 0 Å². The fourth-order valence-corrected chi connectivity index (χ4v) is 5.32. The molecule has 1 N–H and O–H groups in total. The maximum Gasteiger partial charge on any atom is 0.243 e. The van der Waals surface area contributed by atoms with E-state index < -0.39 is 6.04 Å². The molecule has 1 aliphatic carbocycles. The molecule has 178 valence electrons. The molecule has 0 saturated heterocycles. The quantitative estimate of drug-likeness (QED) is 0.405. The van der Waals surface area contributed by atoms with Gasteiger partial charge in [-0.2, -0.15) is 0 Å². The third-order valence-electron chi connectivity index (χ3n) is 6.04. The van der Waals surface area contributed by atoms with Gasteiger partial charge in [0.2, 0.25) is 11.8 Å². The van der Waals surface area contributed by atoms with Crippen LogP contribution < -0.4 is 5.32 Å². The second-order valence-electron chi connectivity index (χ2n) is 8.66. The number of nitrogens with one attached hydrogen (secondary N) is 1. The topological polar surface area (TPSA) is 49.4 Å². The average molecular weight is 508 g/mol. The normalized spacial score (nSPS) is 14.8. The number of aryl methyl sites for hydroxylation is 1. The number of amides is 2. The van der Waals surface area contributed by atoms with Crippen LogP contribution in [0.2, 0.25) is 10.0 Å². The second-order valence-corrected chi connectivity index (χ2v) is 10.5. The van der Waals surface area contributed by atoms with E-state index in [0.29, 0.717) is 34.5 Å². The van der Waals surface area contributed by atoms with Crippen LogP contribution in [0.4, 0.5) is 0 Å². The summed E-state index contributed by atoms with van der Waals surface area (Å²) < 4.78 is 0. The minimum Gasteiger partial charge on any atom is -0.352 e. The van der Waals surface area contributed by atoms with Gasteiger partial charge in [0.05, 0.1) is 15.8 Å². The van der Waals surface area contributed by atoms with Crippen molar-refractivity contribution in [1.29, 1.82) is 0 Å². The molecule has 0 bridgehead atoms. The number of halogens is 2. The summed E-state index contributed by atoms with van der Waals surface area (Å²) in [5.41, 5.74) is 3.20. The zero-order chi connectivity index (χ0) is 23.8. The number of carbonyl (C=O) groups is 2. The number of thioether (sulfide) groups is 1. The molecule has 2 aromatic carbocycles. The number of hydrogen-bond acceptors (Lipinski definition) is 3. The average Bonchev–Trinajstić information content (AvgIpc) is 3.30. The summed E-state index contributed by atoms with van der Waals surface area (Å²) in [6.07, 6.45) is 4.92. The van der Waals surface area contributed by atoms with Crippen molar-refractivity contribution in [3.8, 4) is 0 Å². The highest BCUT2D eigenvalue weighted by atomic mass is 35.5. The Balaban J connectivity index is 1.69. The first kappa shape index (κ1) is 25.9. The van der Waals surface area contributed by atoms with Gasteiger partial charge in [0.1, 0.15) is 6.04 Å². The van der Waals surface area contributed by atoms with Crippen molar-refractivity contribution in [2.24, 2.45) is 0 Å². The number of hydrogen-bond donors (Lipinski definition) is 1. The Morgan fingerprint density at radius 1 is 1.06 bits per heavy atom. The number of nitrogens with zero attached hydrogens (tertiary/aromatic N) is 1. The van der Waals surface area contributed by atoms with Crippen LogP contribution in [-0.2, 0) is 21.9 Å². The van der Waals surface area contributed by atoms with Crippen LogP contribution >= 0.6 is 35.0 Å². The van der Waals surface area contributed by atoms with E-state index in [2.05, 4.69) is 5.32 Å². The summed E-state index contributed by atoms with van der Waals surface area (Å²) in [5.74, 6) is 0.860. The highest BCUT2D eigenvalue weighted by Crippen LogP contribution is 2.25. The van der Waals surface area contributed by atoms with E-state index in [0.717, 1.165) is 36.8 Å². The molecule has 2 aromatic rings. The molecule has 0 aromatic heterocycles. The summed E-state index contributed by atoms with van der Waals surface area (Å²) in [7, 11) is 0. The van der Waals surface area contributed by atoms with Gasteiger partial charge in [0, 0.05) is 18.3 Å². The fraction of sp³-hybridized carbons (Fsp3) is 0.462. The molecule has 0 aliphatic heterocycles. The van der Waals surface area contributed by atoms with Gasteiger partial charge >= 0.3 is 0 Å². The molecule has 0 heterocycles. The second kappa shape index (κ2) is 12.7. The van der Waals surface area contributed by atoms with Crippen LogP contribution in [0.15, 0.2) is 42.5 Å². The molecular formula is C26H32Cl2N2O2S. The maximum atomic E-state index is 13.3. The third kappa shape index (κ3) is 7.66. The smallest absolute Gasteiger partial charge is 0.243 e. The molecule has 2 amide bonds. The van der Waals surface area contributed by atoms with Crippen LogP contribution in [0.5, 0.6) is 0 Å². The monoisotopic (exact) mass is 506 g/mol. The van der Waals surface area contributed by atoms with E-state index in [4.69, 9.17) is 23.2 Å². The number of rotatable bonds is 10. The molecule has 1 fully saturated rings. The van der Waals surface area contributed by atoms with Crippen LogP contribution in [0.1, 0.15) is 55.7 Å². The summed E-state index contributed by atoms with van der Waals surface area (Å²) in [5, 5.41) is 4.22. The van der Waals surface area contributed by atoms with E-state index in [1.54, 1.807) is 11.0 Å². The van der Waals surface area contributed by atoms with E-state index in [1.807, 2.05) is 50.2 Å². The van der Waals surface area contributed by atoms with Crippen molar-refractivity contribution in [3.63, 3.8) is 0 Å². The molecule has 1 aliphatic rings. The molecule has 0 spiro atoms. The SMILES string of the molecule is CC[C@@H](C(=O)NC1CCCC1)N(Cc1ccc(C)cc1)C(=O)CSCc1ccc(Cl)c(Cl)c1. The predicted octanol–water partition coefficient (Wildman–Crippen LogP) is 6.40. The molecular weight excluding hydrogens is 475 g/mol. The number of carbonyl (C=O) groups excluding carboxylic acids is 2. The maximum absolute atomic E-state index is 13.3. The Kier molecular flexibility index (Phi) is 9.96. The van der Waals surface area contributed by atoms with Crippen LogP contribution in [-0.4, -0.2) is 34.6 Å². The van der Waals surface area contributed by atoms with Crippen molar-refractivity contribution in [3.05, 3.63) is 69.2 Å². The minimum atomic E-state index is -0.482. The van der Waals surface area contributed by atoms with Crippen molar-refractivity contribution in [2.75, 3.05) is 5.75 Å². The van der Waals surface area contributed by atoms with Gasteiger partial charge in [0.25, 0.3) is 0 Å². The Bertz CT molecular complexity index is 946. The van der Waals surface area contributed by atoms with Gasteiger partial charge in [-0.1, -0.05) is 78.9 Å². The van der Waals surface area contributed by atoms with Crippen molar-refractivity contribution < 1.29 is 9.59 Å². The lowest BCUT2D eigenvalue weighted by Crippen LogP contribution is -2.51. The molecule has 0 radical (unpaired) electrons. The minimum absolute atomic E-state index is 0.0333. The zero-order valence-electron chi connectivity index (χ0n) is 19.3. The number of benzene rings is 2. The van der Waals surface area contributed by atoms with Gasteiger partial charge < -0.3 is 10.2 Å². The molecule has 4 nitrogen and oxygen atoms in total. The first-order valence-electron chi connectivity index (χ1n) is 11.5. The van der Waals surface area contributed by atoms with Gasteiger partial charge in [-0.15, -0.1) is 11.8 Å². The molecule has 3 rings (SSSR count). The molecule has 1 atom stereocenters. The van der Waals surface area contributed by atoms with Crippen molar-refractivity contribution >= 4 is 46.8 Å². The lowest BCUT2D eigenvalue weighted by molar-refractivity contribution is -0.139. The lowest BCUT2D eigenvalue weighted by atomic mass is 10.1. The van der Waals surface area contributed by atoms with Gasteiger partial charge in [0.15, 0.2) is 0 Å². The van der Waals surface area contributed by atoms with Crippen LogP contribution in [0.25, 0.3) is 0 Å². The Morgan fingerprint density at radius 3 is 2.36 bits per heavy atom. The summed E-state index contributed by atoms with van der Waals surface area (Å²) in [6, 6.07) is 13.4. The molecule has 7 heteroatoms. The van der Waals surface area contributed by atoms with Gasteiger partial charge in [-0.25, -0.2) is 0 Å². The molecule has 0 unspecified atom stereocenters. The van der Waals surface area contributed by atoms with Crippen molar-refractivity contribution in [1.82, 2.24) is 10.2 Å². The summed E-state index contributed by atoms with van der Waals surface area (Å²) >= 11 is 13.6. The first-order valence-corrected chi connectivity index (χ1v) is 13.5. The van der Waals surface area contributed by atoms with E-state index in [1.165, 1.54) is 17.3 Å². The van der Waals surface area contributed by atoms with Gasteiger partial charge in [-0.05, 0) is 49.4 Å². The lowest BCUT2D eigenvalue weighted by Gasteiger charge is -2.31. The Hall–Kier alpha value is -1.69. The summed E-state index contributed by atoms with van der Waals surface area (Å²) in [4.78, 5) is 28.2. The Labute approximate surface area is 211 Å². The first-order chi connectivity index (χ1) is 15.9.